The third-order valence-corrected chi connectivity index (χ3v) is 3.50. The Morgan fingerprint density at radius 2 is 1.00 bits per heavy atom. The molecule has 0 atom stereocenters. The highest BCUT2D eigenvalue weighted by Gasteiger charge is 2.33. The van der Waals surface area contributed by atoms with Crippen molar-refractivity contribution in [1.29, 1.82) is 0 Å². The van der Waals surface area contributed by atoms with Crippen molar-refractivity contribution in [2.75, 3.05) is 14.1 Å². The number of rotatable bonds is 9. The molecule has 18 heavy (non-hydrogen) atoms. The Bertz CT molecular complexity index is 239. The molecule has 0 N–H and O–H groups in total. The minimum atomic E-state index is -0.439. The van der Waals surface area contributed by atoms with Crippen LogP contribution in [0.1, 0.15) is 53.4 Å². The van der Waals surface area contributed by atoms with Gasteiger partial charge in [0.25, 0.3) is 0 Å². The molecular formula is C14H28N2O2. The van der Waals surface area contributed by atoms with Crippen molar-refractivity contribution >= 4 is 12.4 Å². The van der Waals surface area contributed by atoms with E-state index in [0.717, 1.165) is 25.7 Å². The zero-order chi connectivity index (χ0) is 14.1. The van der Waals surface area contributed by atoms with Gasteiger partial charge in [0, 0.05) is 26.5 Å². The standard InChI is InChI=1S/C14H28N2O2/c1-7-13(8-2,11-15-5)17-18-14(9-3,10-4)12-16-6/h11-12H,7-10H2,1-6H3. The molecular weight excluding hydrogens is 228 g/mol. The van der Waals surface area contributed by atoms with Gasteiger partial charge in [0.2, 0.25) is 0 Å². The molecule has 0 aromatic heterocycles. The van der Waals surface area contributed by atoms with Gasteiger partial charge in [-0.1, -0.05) is 27.7 Å². The van der Waals surface area contributed by atoms with E-state index in [1.165, 1.54) is 0 Å². The quantitative estimate of drug-likeness (QED) is 0.360. The molecule has 0 unspecified atom stereocenters. The Balaban J connectivity index is 4.86. The summed E-state index contributed by atoms with van der Waals surface area (Å²) in [6, 6.07) is 0. The molecule has 0 fully saturated rings. The fourth-order valence-corrected chi connectivity index (χ4v) is 1.78. The molecule has 0 amide bonds. The van der Waals surface area contributed by atoms with Crippen molar-refractivity contribution < 1.29 is 9.78 Å². The number of aliphatic imine (C=N–C) groups is 2. The minimum Gasteiger partial charge on any atom is -0.298 e. The third-order valence-electron chi connectivity index (χ3n) is 3.50. The highest BCUT2D eigenvalue weighted by atomic mass is 17.2. The van der Waals surface area contributed by atoms with Crippen molar-refractivity contribution in [2.24, 2.45) is 9.98 Å². The molecule has 0 aromatic carbocycles. The normalized spacial score (nSPS) is 13.9. The lowest BCUT2D eigenvalue weighted by atomic mass is 9.98. The van der Waals surface area contributed by atoms with Gasteiger partial charge in [-0.05, 0) is 25.7 Å². The molecule has 0 saturated heterocycles. The third kappa shape index (κ3) is 4.50. The van der Waals surface area contributed by atoms with Gasteiger partial charge in [0.15, 0.2) is 0 Å². The van der Waals surface area contributed by atoms with Crippen LogP contribution < -0.4 is 0 Å². The molecule has 0 radical (unpaired) electrons. The van der Waals surface area contributed by atoms with Crippen molar-refractivity contribution in [1.82, 2.24) is 0 Å². The van der Waals surface area contributed by atoms with Gasteiger partial charge in [-0.2, -0.15) is 0 Å². The minimum absolute atomic E-state index is 0.439. The first kappa shape index (κ1) is 17.3. The predicted octanol–water partition coefficient (Wildman–Crippen LogP) is 3.45. The van der Waals surface area contributed by atoms with Crippen LogP contribution in [0, 0.1) is 0 Å². The fraction of sp³-hybridized carbons (Fsp3) is 0.857. The zero-order valence-corrected chi connectivity index (χ0v) is 12.7. The van der Waals surface area contributed by atoms with Gasteiger partial charge in [0.05, 0.1) is 0 Å². The van der Waals surface area contributed by atoms with Gasteiger partial charge in [-0.3, -0.25) is 9.98 Å². The van der Waals surface area contributed by atoms with Crippen LogP contribution in [-0.4, -0.2) is 37.7 Å². The lowest BCUT2D eigenvalue weighted by Gasteiger charge is -2.33. The predicted molar refractivity (Wildman–Crippen MR) is 77.6 cm³/mol. The van der Waals surface area contributed by atoms with E-state index < -0.39 is 11.2 Å². The molecule has 0 aliphatic carbocycles. The van der Waals surface area contributed by atoms with Crippen LogP contribution in [0.3, 0.4) is 0 Å². The average molecular weight is 256 g/mol. The van der Waals surface area contributed by atoms with Crippen LogP contribution in [0.2, 0.25) is 0 Å². The summed E-state index contributed by atoms with van der Waals surface area (Å²) in [5.74, 6) is 0. The van der Waals surface area contributed by atoms with Gasteiger partial charge in [-0.15, -0.1) is 0 Å². The van der Waals surface area contributed by atoms with Gasteiger partial charge in [0.1, 0.15) is 11.2 Å². The van der Waals surface area contributed by atoms with Crippen LogP contribution >= 0.6 is 0 Å². The Morgan fingerprint density at radius 1 is 0.722 bits per heavy atom. The Morgan fingerprint density at radius 3 is 1.17 bits per heavy atom. The molecule has 0 saturated carbocycles. The molecule has 4 heteroatoms. The van der Waals surface area contributed by atoms with Gasteiger partial charge >= 0.3 is 0 Å². The van der Waals surface area contributed by atoms with Gasteiger partial charge in [-0.25, -0.2) is 9.78 Å². The summed E-state index contributed by atoms with van der Waals surface area (Å²) in [5, 5.41) is 0. The summed E-state index contributed by atoms with van der Waals surface area (Å²) >= 11 is 0. The van der Waals surface area contributed by atoms with Crippen LogP contribution in [0.5, 0.6) is 0 Å². The van der Waals surface area contributed by atoms with E-state index in [1.54, 1.807) is 14.1 Å². The van der Waals surface area contributed by atoms with E-state index in [9.17, 15) is 0 Å². The van der Waals surface area contributed by atoms with E-state index in [1.807, 2.05) is 12.4 Å². The van der Waals surface area contributed by atoms with Crippen LogP contribution in [-0.2, 0) is 9.78 Å². The second kappa shape index (κ2) is 8.38. The number of nitrogens with zero attached hydrogens (tertiary/aromatic N) is 2. The first-order chi connectivity index (χ1) is 8.57. The highest BCUT2D eigenvalue weighted by molar-refractivity contribution is 5.69. The van der Waals surface area contributed by atoms with Crippen molar-refractivity contribution in [3.8, 4) is 0 Å². The largest absolute Gasteiger partial charge is 0.298 e. The topological polar surface area (TPSA) is 43.2 Å². The molecule has 0 spiro atoms. The van der Waals surface area contributed by atoms with E-state index in [-0.39, 0.29) is 0 Å². The Kier molecular flexibility index (Phi) is 8.03. The molecule has 106 valence electrons. The maximum absolute atomic E-state index is 5.73. The van der Waals surface area contributed by atoms with Crippen LogP contribution in [0.15, 0.2) is 9.98 Å². The molecule has 0 aliphatic heterocycles. The van der Waals surface area contributed by atoms with E-state index in [0.29, 0.717) is 0 Å². The maximum Gasteiger partial charge on any atom is 0.137 e. The summed E-state index contributed by atoms with van der Waals surface area (Å²) in [7, 11) is 3.51. The Labute approximate surface area is 111 Å². The second-order valence-electron chi connectivity index (χ2n) is 4.49. The second-order valence-corrected chi connectivity index (χ2v) is 4.49. The molecule has 0 rings (SSSR count). The lowest BCUT2D eigenvalue weighted by molar-refractivity contribution is -0.383. The number of hydrogen-bond acceptors (Lipinski definition) is 4. The summed E-state index contributed by atoms with van der Waals surface area (Å²) < 4.78 is 0. The fourth-order valence-electron chi connectivity index (χ4n) is 1.78. The summed E-state index contributed by atoms with van der Waals surface area (Å²) in [4.78, 5) is 19.6. The van der Waals surface area contributed by atoms with E-state index in [2.05, 4.69) is 37.7 Å². The van der Waals surface area contributed by atoms with E-state index >= 15 is 0 Å². The lowest BCUT2D eigenvalue weighted by Crippen LogP contribution is -2.41. The van der Waals surface area contributed by atoms with E-state index in [4.69, 9.17) is 9.78 Å². The van der Waals surface area contributed by atoms with Crippen LogP contribution in [0.25, 0.3) is 0 Å². The Hall–Kier alpha value is -0.740. The van der Waals surface area contributed by atoms with Crippen molar-refractivity contribution in [2.45, 2.75) is 64.6 Å². The highest BCUT2D eigenvalue weighted by Crippen LogP contribution is 2.25. The molecule has 0 aliphatic rings. The average Bonchev–Trinajstić information content (AvgIpc) is 2.42. The first-order valence-corrected chi connectivity index (χ1v) is 6.81. The maximum atomic E-state index is 5.73. The first-order valence-electron chi connectivity index (χ1n) is 6.81. The summed E-state index contributed by atoms with van der Waals surface area (Å²) in [5.41, 5.74) is -0.877. The molecule has 0 aromatic rings. The molecule has 0 bridgehead atoms. The molecule has 4 nitrogen and oxygen atoms in total. The summed E-state index contributed by atoms with van der Waals surface area (Å²) in [6.07, 6.45) is 6.96. The van der Waals surface area contributed by atoms with Crippen molar-refractivity contribution in [3.63, 3.8) is 0 Å². The zero-order valence-electron chi connectivity index (χ0n) is 12.7. The smallest absolute Gasteiger partial charge is 0.137 e. The number of hydrogen-bond donors (Lipinski definition) is 0. The van der Waals surface area contributed by atoms with Crippen molar-refractivity contribution in [3.05, 3.63) is 0 Å². The molecule has 0 heterocycles. The monoisotopic (exact) mass is 256 g/mol. The van der Waals surface area contributed by atoms with Gasteiger partial charge < -0.3 is 0 Å². The van der Waals surface area contributed by atoms with Crippen LogP contribution in [0.4, 0.5) is 0 Å². The SMILES string of the molecule is CCC(C=NC)(CC)OOC(C=NC)(CC)CC. The summed E-state index contributed by atoms with van der Waals surface area (Å²) in [6.45, 7) is 8.29.